The van der Waals surface area contributed by atoms with Crippen molar-refractivity contribution in [1.82, 2.24) is 15.6 Å². The van der Waals surface area contributed by atoms with E-state index in [0.717, 1.165) is 31.2 Å². The van der Waals surface area contributed by atoms with Crippen LogP contribution in [0.4, 0.5) is 5.69 Å². The number of aliphatic imine (C=N–C) groups is 1. The van der Waals surface area contributed by atoms with Crippen molar-refractivity contribution >= 4 is 35.6 Å². The maximum atomic E-state index is 5.16. The van der Waals surface area contributed by atoms with Crippen molar-refractivity contribution in [3.8, 4) is 5.88 Å². The predicted octanol–water partition coefficient (Wildman–Crippen LogP) is 2.65. The van der Waals surface area contributed by atoms with Gasteiger partial charge in [0, 0.05) is 37.9 Å². The summed E-state index contributed by atoms with van der Waals surface area (Å²) >= 11 is 0. The minimum atomic E-state index is 0. The lowest BCUT2D eigenvalue weighted by molar-refractivity contribution is 0.396. The smallest absolute Gasteiger partial charge is 0.213 e. The Morgan fingerprint density at radius 3 is 2.77 bits per heavy atom. The molecule has 1 aliphatic heterocycles. The number of anilines is 1. The third-order valence-corrected chi connectivity index (χ3v) is 4.30. The summed E-state index contributed by atoms with van der Waals surface area (Å²) in [5.41, 5.74) is 2.19. The van der Waals surface area contributed by atoms with Crippen molar-refractivity contribution in [3.63, 3.8) is 0 Å². The first-order valence-corrected chi connectivity index (χ1v) is 8.55. The van der Waals surface area contributed by atoms with Crippen LogP contribution in [0, 0.1) is 0 Å². The Bertz CT molecular complexity index is 710. The van der Waals surface area contributed by atoms with E-state index < -0.39 is 0 Å². The summed E-state index contributed by atoms with van der Waals surface area (Å²) in [7, 11) is 3.41. The molecule has 0 amide bonds. The Balaban J connectivity index is 0.00000243. The van der Waals surface area contributed by atoms with Gasteiger partial charge in [-0.3, -0.25) is 4.99 Å². The first-order chi connectivity index (χ1) is 12.3. The molecule has 0 bridgehead atoms. The van der Waals surface area contributed by atoms with Crippen LogP contribution in [0.5, 0.6) is 5.88 Å². The molecule has 1 fully saturated rings. The Hall–Kier alpha value is -2.03. The van der Waals surface area contributed by atoms with Gasteiger partial charge in [-0.2, -0.15) is 0 Å². The number of pyridine rings is 1. The SMILES string of the molecule is CN=C(NCc1cccc(OC)n1)NC1CCN(c2ccccc2)C1.I. The highest BCUT2D eigenvalue weighted by Crippen LogP contribution is 2.19. The number of rotatable bonds is 5. The summed E-state index contributed by atoms with van der Waals surface area (Å²) in [6.45, 7) is 2.63. The first kappa shape index (κ1) is 20.3. The van der Waals surface area contributed by atoms with Crippen molar-refractivity contribution in [2.24, 2.45) is 4.99 Å². The fraction of sp³-hybridized carbons (Fsp3) is 0.368. The van der Waals surface area contributed by atoms with Crippen LogP contribution in [-0.4, -0.2) is 44.2 Å². The zero-order valence-electron chi connectivity index (χ0n) is 15.2. The number of aromatic nitrogens is 1. The normalized spacial score (nSPS) is 16.8. The van der Waals surface area contributed by atoms with E-state index in [4.69, 9.17) is 4.74 Å². The van der Waals surface area contributed by atoms with Crippen LogP contribution in [0.25, 0.3) is 0 Å². The van der Waals surface area contributed by atoms with Gasteiger partial charge in [0.05, 0.1) is 19.3 Å². The lowest BCUT2D eigenvalue weighted by Crippen LogP contribution is -2.44. The molecule has 1 atom stereocenters. The molecule has 1 saturated heterocycles. The molecule has 1 unspecified atom stereocenters. The van der Waals surface area contributed by atoms with Gasteiger partial charge in [-0.1, -0.05) is 24.3 Å². The van der Waals surface area contributed by atoms with E-state index in [1.165, 1.54) is 5.69 Å². The molecule has 0 aliphatic carbocycles. The largest absolute Gasteiger partial charge is 0.481 e. The number of para-hydroxylation sites is 1. The fourth-order valence-corrected chi connectivity index (χ4v) is 2.98. The lowest BCUT2D eigenvalue weighted by Gasteiger charge is -2.20. The summed E-state index contributed by atoms with van der Waals surface area (Å²) in [6, 6.07) is 16.7. The number of hydrogen-bond donors (Lipinski definition) is 2. The molecule has 3 rings (SSSR count). The molecule has 2 heterocycles. The molecule has 1 aliphatic rings. The van der Waals surface area contributed by atoms with Crippen LogP contribution in [0.3, 0.4) is 0 Å². The zero-order chi connectivity index (χ0) is 17.5. The van der Waals surface area contributed by atoms with Crippen LogP contribution in [0.2, 0.25) is 0 Å². The highest BCUT2D eigenvalue weighted by molar-refractivity contribution is 14.0. The van der Waals surface area contributed by atoms with Gasteiger partial charge < -0.3 is 20.3 Å². The number of guanidine groups is 1. The van der Waals surface area contributed by atoms with Gasteiger partial charge in [0.25, 0.3) is 0 Å². The van der Waals surface area contributed by atoms with Gasteiger partial charge in [-0.05, 0) is 24.6 Å². The molecular weight excluding hydrogens is 441 g/mol. The van der Waals surface area contributed by atoms with Crippen LogP contribution in [-0.2, 0) is 6.54 Å². The van der Waals surface area contributed by atoms with E-state index in [9.17, 15) is 0 Å². The topological polar surface area (TPSA) is 61.8 Å². The molecule has 0 saturated carbocycles. The van der Waals surface area contributed by atoms with Gasteiger partial charge in [-0.25, -0.2) is 4.98 Å². The molecule has 0 radical (unpaired) electrons. The number of methoxy groups -OCH3 is 1. The van der Waals surface area contributed by atoms with Crippen molar-refractivity contribution in [1.29, 1.82) is 0 Å². The number of ether oxygens (including phenoxy) is 1. The predicted molar refractivity (Wildman–Crippen MR) is 117 cm³/mol. The van der Waals surface area contributed by atoms with E-state index in [-0.39, 0.29) is 24.0 Å². The minimum absolute atomic E-state index is 0. The average molecular weight is 467 g/mol. The van der Waals surface area contributed by atoms with Crippen molar-refractivity contribution in [3.05, 3.63) is 54.2 Å². The Kier molecular flexibility index (Phi) is 7.96. The number of nitrogens with zero attached hydrogens (tertiary/aromatic N) is 3. The molecule has 1 aromatic heterocycles. The van der Waals surface area contributed by atoms with Gasteiger partial charge in [0.1, 0.15) is 0 Å². The van der Waals surface area contributed by atoms with Crippen molar-refractivity contribution in [2.45, 2.75) is 19.0 Å². The lowest BCUT2D eigenvalue weighted by atomic mass is 10.2. The Morgan fingerprint density at radius 2 is 2.04 bits per heavy atom. The van der Waals surface area contributed by atoms with E-state index >= 15 is 0 Å². The second-order valence-corrected chi connectivity index (χ2v) is 6.01. The van der Waals surface area contributed by atoms with Crippen LogP contribution >= 0.6 is 24.0 Å². The van der Waals surface area contributed by atoms with Crippen molar-refractivity contribution in [2.75, 3.05) is 32.1 Å². The fourth-order valence-electron chi connectivity index (χ4n) is 2.98. The third-order valence-electron chi connectivity index (χ3n) is 4.30. The monoisotopic (exact) mass is 467 g/mol. The molecule has 140 valence electrons. The molecule has 1 aromatic carbocycles. The Labute approximate surface area is 172 Å². The number of hydrogen-bond acceptors (Lipinski definition) is 4. The molecule has 26 heavy (non-hydrogen) atoms. The molecule has 7 heteroatoms. The molecule has 6 nitrogen and oxygen atoms in total. The first-order valence-electron chi connectivity index (χ1n) is 8.55. The third kappa shape index (κ3) is 5.48. The van der Waals surface area contributed by atoms with E-state index in [1.807, 2.05) is 24.3 Å². The maximum absolute atomic E-state index is 5.16. The molecule has 0 spiro atoms. The van der Waals surface area contributed by atoms with E-state index in [2.05, 4.69) is 49.8 Å². The van der Waals surface area contributed by atoms with Gasteiger partial charge >= 0.3 is 0 Å². The van der Waals surface area contributed by atoms with Crippen LogP contribution in [0.1, 0.15) is 12.1 Å². The standard InChI is InChI=1S/C19H25N5O.HI/c1-20-19(21-13-15-7-6-10-18(22-15)25-2)23-16-11-12-24(14-16)17-8-4-3-5-9-17;/h3-10,16H,11-14H2,1-2H3,(H2,20,21,23);1H. The second kappa shape index (κ2) is 10.2. The molecule has 2 N–H and O–H groups in total. The minimum Gasteiger partial charge on any atom is -0.481 e. The van der Waals surface area contributed by atoms with Crippen molar-refractivity contribution < 1.29 is 4.74 Å². The van der Waals surface area contributed by atoms with E-state index in [1.54, 1.807) is 14.2 Å². The highest BCUT2D eigenvalue weighted by atomic mass is 127. The number of nitrogens with one attached hydrogen (secondary N) is 2. The summed E-state index contributed by atoms with van der Waals surface area (Å²) in [4.78, 5) is 11.1. The molecule has 2 aromatic rings. The van der Waals surface area contributed by atoms with Crippen LogP contribution < -0.4 is 20.3 Å². The van der Waals surface area contributed by atoms with Gasteiger partial charge in [0.2, 0.25) is 5.88 Å². The van der Waals surface area contributed by atoms with E-state index in [0.29, 0.717) is 18.5 Å². The number of benzene rings is 1. The summed E-state index contributed by atoms with van der Waals surface area (Å²) in [5, 5.41) is 6.82. The summed E-state index contributed by atoms with van der Waals surface area (Å²) in [6.07, 6.45) is 1.09. The molecular formula is C19H26IN5O. The quantitative estimate of drug-likeness (QED) is 0.403. The summed E-state index contributed by atoms with van der Waals surface area (Å²) < 4.78 is 5.16. The zero-order valence-corrected chi connectivity index (χ0v) is 17.5. The van der Waals surface area contributed by atoms with Gasteiger partial charge in [-0.15, -0.1) is 24.0 Å². The average Bonchev–Trinajstić information content (AvgIpc) is 3.14. The van der Waals surface area contributed by atoms with Gasteiger partial charge in [0.15, 0.2) is 5.96 Å². The Morgan fingerprint density at radius 1 is 1.23 bits per heavy atom. The maximum Gasteiger partial charge on any atom is 0.213 e. The van der Waals surface area contributed by atoms with Crippen LogP contribution in [0.15, 0.2) is 53.5 Å². The second-order valence-electron chi connectivity index (χ2n) is 6.01. The number of halogens is 1. The summed E-state index contributed by atoms with van der Waals surface area (Å²) in [5.74, 6) is 1.42. The highest BCUT2D eigenvalue weighted by Gasteiger charge is 2.23.